The Balaban J connectivity index is 2.03. The Morgan fingerprint density at radius 2 is 1.92 bits per heavy atom. The molecule has 1 aromatic heterocycles. The van der Waals surface area contributed by atoms with Gasteiger partial charge >= 0.3 is 0 Å². The minimum absolute atomic E-state index is 0.450. The highest BCUT2D eigenvalue weighted by atomic mass is 16.5. The molecule has 0 atom stereocenters. The quantitative estimate of drug-likeness (QED) is 0.534. The van der Waals surface area contributed by atoms with Crippen molar-refractivity contribution in [2.24, 2.45) is 0 Å². The lowest BCUT2D eigenvalue weighted by atomic mass is 10.1. The van der Waals surface area contributed by atoms with Gasteiger partial charge in [0.1, 0.15) is 17.2 Å². The van der Waals surface area contributed by atoms with Gasteiger partial charge in [-0.25, -0.2) is 4.85 Å². The van der Waals surface area contributed by atoms with E-state index in [1.807, 2.05) is 6.92 Å². The average molecular weight is 319 g/mol. The van der Waals surface area contributed by atoms with Gasteiger partial charge in [0.25, 0.3) is 0 Å². The number of nitrogen functional groups attached to an aromatic ring is 1. The Bertz CT molecular complexity index is 899. The molecule has 24 heavy (non-hydrogen) atoms. The standard InChI is InChI=1S/C19H17N3O2/c1-3-10-23-19-12-16-15(11-17(19)21-2)18(8-9-22-16)24-14-6-4-13(20)5-7-14/h4-9,11-12H,3,10,20H2,1H3. The van der Waals surface area contributed by atoms with Crippen molar-refractivity contribution in [2.45, 2.75) is 13.3 Å². The molecule has 0 saturated heterocycles. The van der Waals surface area contributed by atoms with Crippen LogP contribution in [-0.4, -0.2) is 11.6 Å². The molecule has 0 fully saturated rings. The number of pyridine rings is 1. The lowest BCUT2D eigenvalue weighted by Gasteiger charge is -2.12. The van der Waals surface area contributed by atoms with Crippen LogP contribution in [0.15, 0.2) is 48.7 Å². The maximum atomic E-state index is 7.38. The number of benzene rings is 2. The Hall–Kier alpha value is -3.26. The zero-order chi connectivity index (χ0) is 16.9. The van der Waals surface area contributed by atoms with Gasteiger partial charge in [-0.1, -0.05) is 6.92 Å². The molecule has 0 bridgehead atoms. The zero-order valence-corrected chi connectivity index (χ0v) is 13.3. The largest absolute Gasteiger partial charge is 0.505 e. The smallest absolute Gasteiger partial charge is 0.229 e. The van der Waals surface area contributed by atoms with Crippen molar-refractivity contribution in [3.05, 3.63) is 60.1 Å². The van der Waals surface area contributed by atoms with E-state index in [0.717, 1.165) is 17.3 Å². The first-order valence-corrected chi connectivity index (χ1v) is 7.67. The summed E-state index contributed by atoms with van der Waals surface area (Å²) in [5.41, 5.74) is 7.54. The van der Waals surface area contributed by atoms with E-state index in [0.29, 0.717) is 35.2 Å². The molecule has 0 radical (unpaired) electrons. The minimum atomic E-state index is 0.450. The van der Waals surface area contributed by atoms with Crippen LogP contribution in [0.1, 0.15) is 13.3 Å². The van der Waals surface area contributed by atoms with Gasteiger partial charge in [0.2, 0.25) is 5.69 Å². The Morgan fingerprint density at radius 1 is 1.12 bits per heavy atom. The van der Waals surface area contributed by atoms with Gasteiger partial charge in [-0.2, -0.15) is 0 Å². The van der Waals surface area contributed by atoms with E-state index in [2.05, 4.69) is 9.83 Å². The highest BCUT2D eigenvalue weighted by molar-refractivity contribution is 5.91. The first-order chi connectivity index (χ1) is 11.7. The number of anilines is 1. The average Bonchev–Trinajstić information content (AvgIpc) is 2.61. The minimum Gasteiger partial charge on any atom is -0.505 e. The second-order valence-electron chi connectivity index (χ2n) is 5.28. The zero-order valence-electron chi connectivity index (χ0n) is 13.3. The summed E-state index contributed by atoms with van der Waals surface area (Å²) >= 11 is 0. The predicted octanol–water partition coefficient (Wildman–Crippen LogP) is 4.95. The maximum Gasteiger partial charge on any atom is 0.229 e. The van der Waals surface area contributed by atoms with Crippen molar-refractivity contribution in [3.8, 4) is 17.2 Å². The number of hydrogen-bond acceptors (Lipinski definition) is 4. The number of nitrogens with zero attached hydrogens (tertiary/aromatic N) is 2. The molecule has 0 saturated carbocycles. The fourth-order valence-corrected chi connectivity index (χ4v) is 2.30. The maximum absolute atomic E-state index is 7.38. The van der Waals surface area contributed by atoms with Crippen molar-refractivity contribution in [1.29, 1.82) is 0 Å². The van der Waals surface area contributed by atoms with Crippen LogP contribution in [0.2, 0.25) is 0 Å². The van der Waals surface area contributed by atoms with Gasteiger partial charge in [-0.15, -0.1) is 0 Å². The topological polar surface area (TPSA) is 61.7 Å². The first kappa shape index (κ1) is 15.6. The van der Waals surface area contributed by atoms with E-state index in [-0.39, 0.29) is 0 Å². The van der Waals surface area contributed by atoms with Gasteiger partial charge in [-0.05, 0) is 48.9 Å². The summed E-state index contributed by atoms with van der Waals surface area (Å²) in [4.78, 5) is 7.92. The molecule has 120 valence electrons. The number of aromatic nitrogens is 1. The van der Waals surface area contributed by atoms with Gasteiger partial charge < -0.3 is 15.2 Å². The summed E-state index contributed by atoms with van der Waals surface area (Å²) in [6, 6.07) is 12.5. The molecule has 0 spiro atoms. The summed E-state index contributed by atoms with van der Waals surface area (Å²) < 4.78 is 11.6. The molecule has 5 nitrogen and oxygen atoms in total. The Labute approximate surface area is 140 Å². The predicted molar refractivity (Wildman–Crippen MR) is 94.7 cm³/mol. The lowest BCUT2D eigenvalue weighted by Crippen LogP contribution is -1.96. The summed E-state index contributed by atoms with van der Waals surface area (Å²) in [5.74, 6) is 1.86. The molecule has 5 heteroatoms. The van der Waals surface area contributed by atoms with Crippen LogP contribution in [0.5, 0.6) is 17.2 Å². The van der Waals surface area contributed by atoms with Crippen LogP contribution in [0, 0.1) is 6.57 Å². The second kappa shape index (κ2) is 6.88. The number of rotatable bonds is 5. The molecule has 1 heterocycles. The summed E-state index contributed by atoms with van der Waals surface area (Å²) in [6.45, 7) is 9.97. The van der Waals surface area contributed by atoms with Crippen molar-refractivity contribution < 1.29 is 9.47 Å². The van der Waals surface area contributed by atoms with E-state index >= 15 is 0 Å². The van der Waals surface area contributed by atoms with Gasteiger partial charge in [-0.3, -0.25) is 4.98 Å². The highest BCUT2D eigenvalue weighted by Gasteiger charge is 2.11. The molecule has 3 rings (SSSR count). The van der Waals surface area contributed by atoms with Crippen LogP contribution >= 0.6 is 0 Å². The monoisotopic (exact) mass is 319 g/mol. The molecule has 2 N–H and O–H groups in total. The SMILES string of the molecule is [C-]#[N+]c1cc2c(Oc3ccc(N)cc3)ccnc2cc1OCCC. The second-order valence-corrected chi connectivity index (χ2v) is 5.28. The molecule has 3 aromatic rings. The van der Waals surface area contributed by atoms with Crippen LogP contribution in [0.4, 0.5) is 11.4 Å². The molecule has 0 aliphatic carbocycles. The number of fused-ring (bicyclic) bond motifs is 1. The molecule has 0 amide bonds. The molecule has 2 aromatic carbocycles. The molecular weight excluding hydrogens is 302 g/mol. The van der Waals surface area contributed by atoms with Crippen molar-refractivity contribution in [3.63, 3.8) is 0 Å². The van der Waals surface area contributed by atoms with Crippen LogP contribution in [0.3, 0.4) is 0 Å². The fraction of sp³-hybridized carbons (Fsp3) is 0.158. The van der Waals surface area contributed by atoms with Crippen molar-refractivity contribution in [2.75, 3.05) is 12.3 Å². The summed E-state index contributed by atoms with van der Waals surface area (Å²) in [5, 5.41) is 0.768. The van der Waals surface area contributed by atoms with Crippen LogP contribution in [0.25, 0.3) is 15.7 Å². The summed E-state index contributed by atoms with van der Waals surface area (Å²) in [6.07, 6.45) is 2.55. The number of ether oxygens (including phenoxy) is 2. The van der Waals surface area contributed by atoms with E-state index in [1.165, 1.54) is 0 Å². The van der Waals surface area contributed by atoms with E-state index in [9.17, 15) is 0 Å². The van der Waals surface area contributed by atoms with E-state index in [4.69, 9.17) is 21.8 Å². The highest BCUT2D eigenvalue weighted by Crippen LogP contribution is 2.37. The van der Waals surface area contributed by atoms with Crippen LogP contribution < -0.4 is 15.2 Å². The molecular formula is C19H17N3O2. The Kier molecular flexibility index (Phi) is 4.48. The third-order valence-corrected chi connectivity index (χ3v) is 3.47. The van der Waals surface area contributed by atoms with Crippen molar-refractivity contribution in [1.82, 2.24) is 4.98 Å². The Morgan fingerprint density at radius 3 is 2.62 bits per heavy atom. The van der Waals surface area contributed by atoms with Gasteiger partial charge in [0.05, 0.1) is 18.7 Å². The van der Waals surface area contributed by atoms with E-state index in [1.54, 1.807) is 48.7 Å². The molecule has 0 aliphatic rings. The molecule has 0 aliphatic heterocycles. The number of nitrogens with two attached hydrogens (primary N) is 1. The first-order valence-electron chi connectivity index (χ1n) is 7.67. The number of hydrogen-bond donors (Lipinski definition) is 1. The molecule has 0 unspecified atom stereocenters. The summed E-state index contributed by atoms with van der Waals surface area (Å²) in [7, 11) is 0. The lowest BCUT2D eigenvalue weighted by molar-refractivity contribution is 0.320. The third-order valence-electron chi connectivity index (χ3n) is 3.47. The van der Waals surface area contributed by atoms with Gasteiger partial charge in [0.15, 0.2) is 0 Å². The van der Waals surface area contributed by atoms with Crippen LogP contribution in [-0.2, 0) is 0 Å². The normalized spacial score (nSPS) is 10.3. The van der Waals surface area contributed by atoms with Crippen molar-refractivity contribution >= 4 is 22.3 Å². The fourth-order valence-electron chi connectivity index (χ4n) is 2.30. The van der Waals surface area contributed by atoms with E-state index < -0.39 is 0 Å². The van der Waals surface area contributed by atoms with Gasteiger partial charge in [0, 0.05) is 17.3 Å². The third kappa shape index (κ3) is 3.23.